The number of hydrogen-bond donors (Lipinski definition) is 1. The number of carbonyl (C=O) groups excluding carboxylic acids is 1. The number of hydrogen-bond acceptors (Lipinski definition) is 6. The second kappa shape index (κ2) is 7.18. The van der Waals surface area contributed by atoms with Crippen molar-refractivity contribution >= 4 is 22.4 Å². The van der Waals surface area contributed by atoms with Crippen LogP contribution in [0.4, 0.5) is 5.13 Å². The Kier molecular flexibility index (Phi) is 4.50. The molecule has 1 aliphatic carbocycles. The number of rotatable bonds is 4. The maximum atomic E-state index is 12.7. The van der Waals surface area contributed by atoms with E-state index in [4.69, 9.17) is 14.5 Å². The fraction of sp³-hybridized carbons (Fsp3) is 0.381. The third-order valence-electron chi connectivity index (χ3n) is 5.05. The molecule has 8 heteroatoms. The van der Waals surface area contributed by atoms with E-state index in [0.29, 0.717) is 41.3 Å². The Hall–Kier alpha value is -2.87. The summed E-state index contributed by atoms with van der Waals surface area (Å²) in [5.74, 6) is 1.61. The molecule has 5 rings (SSSR count). The fourth-order valence-electron chi connectivity index (χ4n) is 3.75. The van der Waals surface area contributed by atoms with Gasteiger partial charge in [-0.25, -0.2) is 4.98 Å². The number of amides is 1. The number of nitrogens with one attached hydrogen (secondary N) is 1. The predicted molar refractivity (Wildman–Crippen MR) is 111 cm³/mol. The van der Waals surface area contributed by atoms with Crippen molar-refractivity contribution < 1.29 is 14.3 Å². The maximum absolute atomic E-state index is 12.7. The van der Waals surface area contributed by atoms with Crippen LogP contribution in [-0.2, 0) is 19.4 Å². The summed E-state index contributed by atoms with van der Waals surface area (Å²) >= 11 is 1.54. The van der Waals surface area contributed by atoms with Crippen LogP contribution in [0.2, 0.25) is 0 Å². The van der Waals surface area contributed by atoms with Gasteiger partial charge in [0.05, 0.1) is 11.9 Å². The van der Waals surface area contributed by atoms with Gasteiger partial charge in [-0.1, -0.05) is 13.8 Å². The molecule has 0 atom stereocenters. The molecule has 2 aromatic heterocycles. The van der Waals surface area contributed by atoms with Crippen LogP contribution in [0.15, 0.2) is 24.4 Å². The van der Waals surface area contributed by atoms with Crippen molar-refractivity contribution in [1.29, 1.82) is 0 Å². The van der Waals surface area contributed by atoms with Crippen LogP contribution in [-0.4, -0.2) is 33.9 Å². The Bertz CT molecular complexity index is 1090. The third kappa shape index (κ3) is 3.37. The van der Waals surface area contributed by atoms with E-state index in [1.807, 2.05) is 6.20 Å². The van der Waals surface area contributed by atoms with Crippen LogP contribution in [0.1, 0.15) is 34.8 Å². The number of aryl methyl sites for hydroxylation is 1. The summed E-state index contributed by atoms with van der Waals surface area (Å²) < 4.78 is 13.2. The Morgan fingerprint density at radius 3 is 2.90 bits per heavy atom. The van der Waals surface area contributed by atoms with Gasteiger partial charge in [-0.3, -0.25) is 14.8 Å². The summed E-state index contributed by atoms with van der Waals surface area (Å²) in [7, 11) is 0. The first-order chi connectivity index (χ1) is 14.1. The van der Waals surface area contributed by atoms with Crippen molar-refractivity contribution in [3.05, 3.63) is 40.5 Å². The molecule has 1 N–H and O–H groups in total. The van der Waals surface area contributed by atoms with Crippen molar-refractivity contribution in [2.45, 2.75) is 33.2 Å². The number of carbonyl (C=O) groups is 1. The van der Waals surface area contributed by atoms with E-state index in [2.05, 4.69) is 28.9 Å². The lowest BCUT2D eigenvalue weighted by Crippen LogP contribution is -2.17. The highest BCUT2D eigenvalue weighted by molar-refractivity contribution is 7.16. The molecule has 0 saturated carbocycles. The summed E-state index contributed by atoms with van der Waals surface area (Å²) in [4.78, 5) is 18.6. The Morgan fingerprint density at radius 2 is 2.07 bits per heavy atom. The maximum Gasteiger partial charge on any atom is 0.257 e. The van der Waals surface area contributed by atoms with Gasteiger partial charge < -0.3 is 9.47 Å². The van der Waals surface area contributed by atoms with Gasteiger partial charge in [-0.05, 0) is 37.0 Å². The highest BCUT2D eigenvalue weighted by atomic mass is 32.1. The molecule has 3 heterocycles. The molecule has 0 spiro atoms. The molecule has 150 valence electrons. The van der Waals surface area contributed by atoms with Crippen LogP contribution in [0, 0.1) is 5.92 Å². The molecule has 3 aromatic rings. The van der Waals surface area contributed by atoms with E-state index in [-0.39, 0.29) is 5.91 Å². The number of benzene rings is 1. The van der Waals surface area contributed by atoms with Crippen LogP contribution >= 0.6 is 11.3 Å². The van der Waals surface area contributed by atoms with Gasteiger partial charge in [-0.15, -0.1) is 11.3 Å². The lowest BCUT2D eigenvalue weighted by molar-refractivity contribution is 0.102. The highest BCUT2D eigenvalue weighted by Gasteiger charge is 2.25. The molecule has 0 saturated heterocycles. The summed E-state index contributed by atoms with van der Waals surface area (Å²) in [5.41, 5.74) is 3.79. The number of nitrogens with zero attached hydrogens (tertiary/aromatic N) is 3. The molecule has 0 bridgehead atoms. The van der Waals surface area contributed by atoms with E-state index in [1.54, 1.807) is 18.2 Å². The van der Waals surface area contributed by atoms with Crippen LogP contribution in [0.5, 0.6) is 11.5 Å². The molecule has 1 aliphatic heterocycles. The third-order valence-corrected chi connectivity index (χ3v) is 6.08. The molecule has 7 nitrogen and oxygen atoms in total. The van der Waals surface area contributed by atoms with Gasteiger partial charge in [0.1, 0.15) is 13.2 Å². The van der Waals surface area contributed by atoms with Crippen LogP contribution in [0.25, 0.3) is 11.3 Å². The number of anilines is 1. The number of aromatic nitrogens is 3. The van der Waals surface area contributed by atoms with Crippen LogP contribution in [0.3, 0.4) is 0 Å². The average Bonchev–Trinajstić information content (AvgIpc) is 3.30. The van der Waals surface area contributed by atoms with Gasteiger partial charge in [0, 0.05) is 28.2 Å². The molecule has 2 aliphatic rings. The number of ether oxygens (including phenoxy) is 2. The lowest BCUT2D eigenvalue weighted by Gasteiger charge is -2.18. The molecule has 1 aromatic carbocycles. The topological polar surface area (TPSA) is 78.3 Å². The zero-order valence-electron chi connectivity index (χ0n) is 16.4. The molecule has 29 heavy (non-hydrogen) atoms. The van der Waals surface area contributed by atoms with Gasteiger partial charge in [0.2, 0.25) is 0 Å². The fourth-order valence-corrected chi connectivity index (χ4v) is 4.72. The van der Waals surface area contributed by atoms with Gasteiger partial charge in [-0.2, -0.15) is 5.10 Å². The van der Waals surface area contributed by atoms with Gasteiger partial charge >= 0.3 is 0 Å². The standard InChI is InChI=1S/C21H22N4O3S/c1-12(2)11-25-15-4-6-18-19(14(15)10-22-25)23-21(29-18)24-20(26)13-3-5-16-17(9-13)28-8-7-27-16/h3,5,9-10,12H,4,6-8,11H2,1-2H3,(H,23,24,26). The summed E-state index contributed by atoms with van der Waals surface area (Å²) in [6, 6.07) is 5.22. The van der Waals surface area contributed by atoms with E-state index < -0.39 is 0 Å². The smallest absolute Gasteiger partial charge is 0.257 e. The quantitative estimate of drug-likeness (QED) is 0.708. The van der Waals surface area contributed by atoms with Crippen molar-refractivity contribution in [3.8, 4) is 22.8 Å². The van der Waals surface area contributed by atoms with Crippen LogP contribution < -0.4 is 14.8 Å². The first-order valence-corrected chi connectivity index (χ1v) is 10.7. The van der Waals surface area contributed by atoms with Gasteiger partial charge in [0.15, 0.2) is 16.6 Å². The molecule has 1 amide bonds. The second-order valence-electron chi connectivity index (χ2n) is 7.68. The first kappa shape index (κ1) is 18.2. The van der Waals surface area contributed by atoms with E-state index in [1.165, 1.54) is 21.9 Å². The SMILES string of the molecule is CC(C)Cn1ncc2c1CCc1sc(NC(=O)c3ccc4c(c3)OCCO4)nc1-2. The lowest BCUT2D eigenvalue weighted by atomic mass is 10.0. The summed E-state index contributed by atoms with van der Waals surface area (Å²) in [5, 5.41) is 8.11. The summed E-state index contributed by atoms with van der Waals surface area (Å²) in [6.45, 7) is 6.30. The summed E-state index contributed by atoms with van der Waals surface area (Å²) in [6.07, 6.45) is 3.78. The van der Waals surface area contributed by atoms with E-state index in [0.717, 1.165) is 30.6 Å². The molecular weight excluding hydrogens is 388 g/mol. The van der Waals surface area contributed by atoms with Crippen molar-refractivity contribution in [1.82, 2.24) is 14.8 Å². The van der Waals surface area contributed by atoms with E-state index >= 15 is 0 Å². The Balaban J connectivity index is 1.38. The molecule has 0 fully saturated rings. The number of thiazole rings is 1. The number of fused-ring (bicyclic) bond motifs is 4. The minimum atomic E-state index is -0.205. The van der Waals surface area contributed by atoms with E-state index in [9.17, 15) is 4.79 Å². The molecule has 0 radical (unpaired) electrons. The zero-order valence-corrected chi connectivity index (χ0v) is 17.2. The first-order valence-electron chi connectivity index (χ1n) is 9.84. The van der Waals surface area contributed by atoms with Crippen molar-refractivity contribution in [2.24, 2.45) is 5.92 Å². The largest absolute Gasteiger partial charge is 0.486 e. The van der Waals surface area contributed by atoms with Gasteiger partial charge in [0.25, 0.3) is 5.91 Å². The Morgan fingerprint density at radius 1 is 1.24 bits per heavy atom. The Labute approximate surface area is 172 Å². The van der Waals surface area contributed by atoms with Crippen molar-refractivity contribution in [3.63, 3.8) is 0 Å². The minimum absolute atomic E-state index is 0.205. The highest BCUT2D eigenvalue weighted by Crippen LogP contribution is 2.38. The zero-order chi connectivity index (χ0) is 20.0. The van der Waals surface area contributed by atoms with Crippen molar-refractivity contribution in [2.75, 3.05) is 18.5 Å². The molecule has 0 unspecified atom stereocenters. The molecular formula is C21H22N4O3S. The second-order valence-corrected chi connectivity index (χ2v) is 8.77. The predicted octanol–water partition coefficient (Wildman–Crippen LogP) is 3.78. The normalized spacial score (nSPS) is 14.4. The minimum Gasteiger partial charge on any atom is -0.486 e. The monoisotopic (exact) mass is 410 g/mol. The average molecular weight is 410 g/mol.